The monoisotopic (exact) mass is 332 g/mol. The fourth-order valence-electron chi connectivity index (χ4n) is 4.18. The second-order valence-corrected chi connectivity index (χ2v) is 7.08. The molecule has 1 aromatic rings. The number of amides is 1. The van der Waals surface area contributed by atoms with Crippen LogP contribution in [0.3, 0.4) is 0 Å². The van der Waals surface area contributed by atoms with Crippen LogP contribution >= 0.6 is 0 Å². The first-order chi connectivity index (χ1) is 11.6. The van der Waals surface area contributed by atoms with E-state index >= 15 is 0 Å². The molecule has 1 aliphatic carbocycles. The van der Waals surface area contributed by atoms with Crippen LogP contribution in [0.4, 0.5) is 4.79 Å². The number of hydrogen-bond acceptors (Lipinski definition) is 3. The molecule has 0 bridgehead atoms. The maximum atomic E-state index is 11.7. The van der Waals surface area contributed by atoms with E-state index in [2.05, 4.69) is 4.90 Å². The van der Waals surface area contributed by atoms with E-state index in [0.717, 1.165) is 50.8 Å². The van der Waals surface area contributed by atoms with Crippen LogP contribution in [-0.2, 0) is 6.54 Å². The van der Waals surface area contributed by atoms with Gasteiger partial charge in [0.05, 0.1) is 6.10 Å². The number of benzene rings is 1. The summed E-state index contributed by atoms with van der Waals surface area (Å²) in [4.78, 5) is 15.7. The van der Waals surface area contributed by atoms with E-state index in [1.807, 2.05) is 30.3 Å². The van der Waals surface area contributed by atoms with Gasteiger partial charge in [-0.1, -0.05) is 43.2 Å². The number of rotatable bonds is 4. The number of likely N-dealkylation sites (tertiary alicyclic amines) is 1. The molecule has 132 valence electrons. The molecule has 1 aliphatic heterocycles. The van der Waals surface area contributed by atoms with Gasteiger partial charge in [-0.25, -0.2) is 4.79 Å². The first kappa shape index (κ1) is 17.2. The molecule has 2 atom stereocenters. The van der Waals surface area contributed by atoms with Gasteiger partial charge in [-0.05, 0) is 31.2 Å². The smallest absolute Gasteiger partial charge is 0.407 e. The lowest BCUT2D eigenvalue weighted by atomic mass is 9.89. The highest BCUT2D eigenvalue weighted by molar-refractivity contribution is 5.65. The SMILES string of the molecule is O=C(O)N(Cc1ccccc1)C1CCN(C2CCCCC2O)CC1. The molecule has 0 spiro atoms. The second kappa shape index (κ2) is 7.99. The van der Waals surface area contributed by atoms with Gasteiger partial charge in [0.25, 0.3) is 0 Å². The van der Waals surface area contributed by atoms with Crippen LogP contribution in [0.5, 0.6) is 0 Å². The lowest BCUT2D eigenvalue weighted by Crippen LogP contribution is -2.52. The number of carboxylic acid groups (broad SMARTS) is 1. The summed E-state index contributed by atoms with van der Waals surface area (Å²) in [6, 6.07) is 10.1. The number of carbonyl (C=O) groups is 1. The summed E-state index contributed by atoms with van der Waals surface area (Å²) in [5.74, 6) is 0. The molecule has 1 heterocycles. The Morgan fingerprint density at radius 2 is 1.75 bits per heavy atom. The lowest BCUT2D eigenvalue weighted by Gasteiger charge is -2.43. The van der Waals surface area contributed by atoms with Crippen molar-refractivity contribution in [3.05, 3.63) is 35.9 Å². The van der Waals surface area contributed by atoms with Crippen LogP contribution in [0, 0.1) is 0 Å². The fraction of sp³-hybridized carbons (Fsp3) is 0.632. The molecule has 1 aromatic carbocycles. The predicted molar refractivity (Wildman–Crippen MR) is 92.9 cm³/mol. The Bertz CT molecular complexity index is 529. The van der Waals surface area contributed by atoms with E-state index in [-0.39, 0.29) is 18.2 Å². The van der Waals surface area contributed by atoms with Gasteiger partial charge < -0.3 is 15.1 Å². The molecule has 0 aromatic heterocycles. The molecular weight excluding hydrogens is 304 g/mol. The quantitative estimate of drug-likeness (QED) is 0.890. The number of hydrogen-bond donors (Lipinski definition) is 2. The van der Waals surface area contributed by atoms with Crippen LogP contribution in [-0.4, -0.2) is 57.4 Å². The van der Waals surface area contributed by atoms with Crippen molar-refractivity contribution < 1.29 is 15.0 Å². The zero-order chi connectivity index (χ0) is 16.9. The Kier molecular flexibility index (Phi) is 5.74. The summed E-state index contributed by atoms with van der Waals surface area (Å²) >= 11 is 0. The van der Waals surface area contributed by atoms with Gasteiger partial charge in [-0.3, -0.25) is 4.90 Å². The largest absolute Gasteiger partial charge is 0.465 e. The van der Waals surface area contributed by atoms with Crippen LogP contribution in [0.25, 0.3) is 0 Å². The van der Waals surface area contributed by atoms with Gasteiger partial charge >= 0.3 is 6.09 Å². The van der Waals surface area contributed by atoms with Crippen molar-refractivity contribution in [2.24, 2.45) is 0 Å². The minimum Gasteiger partial charge on any atom is -0.465 e. The zero-order valence-electron chi connectivity index (χ0n) is 14.2. The Morgan fingerprint density at radius 3 is 2.38 bits per heavy atom. The molecular formula is C19H28N2O3. The van der Waals surface area contributed by atoms with E-state index in [4.69, 9.17) is 0 Å². The maximum Gasteiger partial charge on any atom is 0.407 e. The van der Waals surface area contributed by atoms with E-state index in [1.54, 1.807) is 4.90 Å². The summed E-state index contributed by atoms with van der Waals surface area (Å²) in [7, 11) is 0. The minimum absolute atomic E-state index is 0.0692. The van der Waals surface area contributed by atoms with E-state index in [9.17, 15) is 15.0 Å². The molecule has 3 rings (SSSR count). The average Bonchev–Trinajstić information content (AvgIpc) is 2.61. The molecule has 5 heteroatoms. The molecule has 0 radical (unpaired) electrons. The van der Waals surface area contributed by atoms with Crippen molar-refractivity contribution in [2.75, 3.05) is 13.1 Å². The third-order valence-electron chi connectivity index (χ3n) is 5.54. The Morgan fingerprint density at radius 1 is 1.08 bits per heavy atom. The van der Waals surface area contributed by atoms with Crippen LogP contribution in [0.15, 0.2) is 30.3 Å². The van der Waals surface area contributed by atoms with Crippen molar-refractivity contribution >= 4 is 6.09 Å². The third-order valence-corrected chi connectivity index (χ3v) is 5.54. The number of nitrogens with zero attached hydrogens (tertiary/aromatic N) is 2. The topological polar surface area (TPSA) is 64.0 Å². The molecule has 24 heavy (non-hydrogen) atoms. The highest BCUT2D eigenvalue weighted by atomic mass is 16.4. The first-order valence-corrected chi connectivity index (χ1v) is 9.11. The Balaban J connectivity index is 1.58. The van der Waals surface area contributed by atoms with Gasteiger partial charge in [0.1, 0.15) is 0 Å². The van der Waals surface area contributed by atoms with E-state index < -0.39 is 6.09 Å². The second-order valence-electron chi connectivity index (χ2n) is 7.08. The van der Waals surface area contributed by atoms with Crippen molar-refractivity contribution in [3.63, 3.8) is 0 Å². The average molecular weight is 332 g/mol. The summed E-state index contributed by atoms with van der Waals surface area (Å²) in [5.41, 5.74) is 1.03. The zero-order valence-corrected chi connectivity index (χ0v) is 14.2. The van der Waals surface area contributed by atoms with Crippen molar-refractivity contribution in [2.45, 2.75) is 63.3 Å². The normalized spacial score (nSPS) is 26.2. The molecule has 1 saturated heterocycles. The van der Waals surface area contributed by atoms with Crippen LogP contribution < -0.4 is 0 Å². The Hall–Kier alpha value is -1.59. The van der Waals surface area contributed by atoms with E-state index in [0.29, 0.717) is 6.54 Å². The van der Waals surface area contributed by atoms with E-state index in [1.165, 1.54) is 6.42 Å². The molecule has 5 nitrogen and oxygen atoms in total. The lowest BCUT2D eigenvalue weighted by molar-refractivity contribution is -0.00290. The highest BCUT2D eigenvalue weighted by Gasteiger charge is 2.34. The highest BCUT2D eigenvalue weighted by Crippen LogP contribution is 2.27. The fourth-order valence-corrected chi connectivity index (χ4v) is 4.18. The summed E-state index contributed by atoms with van der Waals surface area (Å²) < 4.78 is 0. The van der Waals surface area contributed by atoms with Crippen molar-refractivity contribution in [1.82, 2.24) is 9.80 Å². The Labute approximate surface area is 143 Å². The third kappa shape index (κ3) is 4.08. The van der Waals surface area contributed by atoms with Gasteiger partial charge in [-0.15, -0.1) is 0 Å². The number of aliphatic hydroxyl groups excluding tert-OH is 1. The molecule has 2 fully saturated rings. The first-order valence-electron chi connectivity index (χ1n) is 9.11. The van der Waals surface area contributed by atoms with Gasteiger partial charge in [0, 0.05) is 31.7 Å². The summed E-state index contributed by atoms with van der Waals surface area (Å²) in [6.07, 6.45) is 4.93. The molecule has 1 amide bonds. The van der Waals surface area contributed by atoms with Gasteiger partial charge in [0.15, 0.2) is 0 Å². The van der Waals surface area contributed by atoms with Crippen molar-refractivity contribution in [3.8, 4) is 0 Å². The maximum absolute atomic E-state index is 11.7. The minimum atomic E-state index is -0.838. The van der Waals surface area contributed by atoms with Gasteiger partial charge in [-0.2, -0.15) is 0 Å². The van der Waals surface area contributed by atoms with Crippen LogP contribution in [0.1, 0.15) is 44.1 Å². The molecule has 2 unspecified atom stereocenters. The molecule has 1 saturated carbocycles. The molecule has 2 aliphatic rings. The van der Waals surface area contributed by atoms with Crippen LogP contribution in [0.2, 0.25) is 0 Å². The van der Waals surface area contributed by atoms with Crippen molar-refractivity contribution in [1.29, 1.82) is 0 Å². The summed E-state index contributed by atoms with van der Waals surface area (Å²) in [6.45, 7) is 2.21. The molecule has 2 N–H and O–H groups in total. The standard InChI is InChI=1S/C19H28N2O3/c22-18-9-5-4-8-17(18)20-12-10-16(11-13-20)21(19(23)24)14-15-6-2-1-3-7-15/h1-3,6-7,16-18,22H,4-5,8-14H2,(H,23,24). The number of piperidine rings is 1. The number of aliphatic hydroxyl groups is 1. The predicted octanol–water partition coefficient (Wildman–Crippen LogP) is 2.93. The summed E-state index contributed by atoms with van der Waals surface area (Å²) in [5, 5.41) is 19.8. The van der Waals surface area contributed by atoms with Gasteiger partial charge in [0.2, 0.25) is 0 Å².